The Kier molecular flexibility index (Phi) is 9.40. The number of hydrazine groups is 1. The summed E-state index contributed by atoms with van der Waals surface area (Å²) in [5.74, 6) is 0.496. The van der Waals surface area contributed by atoms with Crippen LogP contribution in [0.1, 0.15) is 63.6 Å². The molecular formula is C33H40N4O5. The molecule has 1 heterocycles. The summed E-state index contributed by atoms with van der Waals surface area (Å²) in [4.78, 5) is 41.1. The van der Waals surface area contributed by atoms with Gasteiger partial charge in [-0.05, 0) is 74.9 Å². The largest absolute Gasteiger partial charge is 0.497 e. The molecule has 1 aliphatic heterocycles. The molecule has 222 valence electrons. The minimum Gasteiger partial charge on any atom is -0.497 e. The van der Waals surface area contributed by atoms with E-state index in [4.69, 9.17) is 9.47 Å². The molecule has 1 saturated heterocycles. The van der Waals surface area contributed by atoms with Gasteiger partial charge in [0.15, 0.2) is 0 Å². The van der Waals surface area contributed by atoms with Crippen LogP contribution >= 0.6 is 0 Å². The number of nitrogens with one attached hydrogen (secondary N) is 2. The SMILES string of the molecule is COc1cccc(NC(=O)NC2CC(c3ccccc3)CC(c3cccc(OC)c3)N(N(C(C)=O)C(C)(C)C)C2=O)c1. The minimum absolute atomic E-state index is 0.104. The van der Waals surface area contributed by atoms with Crippen molar-refractivity contribution in [2.24, 2.45) is 0 Å². The molecule has 0 spiro atoms. The van der Waals surface area contributed by atoms with Gasteiger partial charge in [-0.3, -0.25) is 9.59 Å². The van der Waals surface area contributed by atoms with Gasteiger partial charge in [0.05, 0.1) is 25.8 Å². The molecule has 9 heteroatoms. The number of urea groups is 1. The van der Waals surface area contributed by atoms with Crippen molar-refractivity contribution in [3.63, 3.8) is 0 Å². The molecule has 2 N–H and O–H groups in total. The van der Waals surface area contributed by atoms with Crippen molar-refractivity contribution < 1.29 is 23.9 Å². The molecule has 3 unspecified atom stereocenters. The predicted octanol–water partition coefficient (Wildman–Crippen LogP) is 5.90. The second kappa shape index (κ2) is 13.0. The number of benzene rings is 3. The number of anilines is 1. The van der Waals surface area contributed by atoms with E-state index < -0.39 is 23.7 Å². The fourth-order valence-corrected chi connectivity index (χ4v) is 5.62. The van der Waals surface area contributed by atoms with E-state index in [1.165, 1.54) is 11.9 Å². The van der Waals surface area contributed by atoms with Crippen molar-refractivity contribution >= 4 is 23.5 Å². The highest BCUT2D eigenvalue weighted by molar-refractivity contribution is 5.94. The maximum atomic E-state index is 14.6. The van der Waals surface area contributed by atoms with E-state index in [9.17, 15) is 14.4 Å². The topological polar surface area (TPSA) is 100 Å². The van der Waals surface area contributed by atoms with E-state index >= 15 is 0 Å². The number of hydrogen-bond donors (Lipinski definition) is 2. The van der Waals surface area contributed by atoms with Crippen molar-refractivity contribution in [2.75, 3.05) is 19.5 Å². The molecule has 0 aromatic heterocycles. The smallest absolute Gasteiger partial charge is 0.319 e. The molecule has 3 aromatic carbocycles. The van der Waals surface area contributed by atoms with Gasteiger partial charge in [-0.1, -0.05) is 48.5 Å². The normalized spacial score (nSPS) is 19.0. The van der Waals surface area contributed by atoms with Crippen LogP contribution in [0.5, 0.6) is 11.5 Å². The number of rotatable bonds is 7. The van der Waals surface area contributed by atoms with Crippen LogP contribution in [0.3, 0.4) is 0 Å². The molecule has 0 aliphatic carbocycles. The maximum Gasteiger partial charge on any atom is 0.319 e. The summed E-state index contributed by atoms with van der Waals surface area (Å²) >= 11 is 0. The van der Waals surface area contributed by atoms with Gasteiger partial charge in [0.2, 0.25) is 5.91 Å². The van der Waals surface area contributed by atoms with Gasteiger partial charge in [0.25, 0.3) is 5.91 Å². The Morgan fingerprint density at radius 1 is 0.857 bits per heavy atom. The lowest BCUT2D eigenvalue weighted by molar-refractivity contribution is -0.181. The first-order valence-corrected chi connectivity index (χ1v) is 14.1. The quantitative estimate of drug-likeness (QED) is 0.367. The molecule has 1 fully saturated rings. The number of carbonyl (C=O) groups excluding carboxylic acids is 3. The van der Waals surface area contributed by atoms with Crippen molar-refractivity contribution in [3.8, 4) is 11.5 Å². The molecule has 0 radical (unpaired) electrons. The summed E-state index contributed by atoms with van der Waals surface area (Å²) in [7, 11) is 3.15. The summed E-state index contributed by atoms with van der Waals surface area (Å²) in [6.07, 6.45) is 0.875. The Bertz CT molecular complexity index is 1400. The first kappa shape index (κ1) is 30.4. The highest BCUT2D eigenvalue weighted by Crippen LogP contribution is 2.42. The van der Waals surface area contributed by atoms with Crippen LogP contribution in [-0.2, 0) is 9.59 Å². The lowest BCUT2D eigenvalue weighted by Gasteiger charge is -2.47. The van der Waals surface area contributed by atoms with Crippen LogP contribution in [0.4, 0.5) is 10.5 Å². The number of carbonyl (C=O) groups is 3. The molecule has 9 nitrogen and oxygen atoms in total. The third-order valence-electron chi connectivity index (χ3n) is 7.38. The summed E-state index contributed by atoms with van der Waals surface area (Å²) in [6.45, 7) is 7.13. The van der Waals surface area contributed by atoms with Crippen molar-refractivity contribution in [3.05, 3.63) is 90.0 Å². The fourth-order valence-electron chi connectivity index (χ4n) is 5.62. The van der Waals surface area contributed by atoms with Crippen molar-refractivity contribution in [1.29, 1.82) is 0 Å². The standard InChI is InChI=1S/C33H40N4O5/c1-22(38)37(33(2,3)4)36-30(24-14-10-16-27(18-24)41-5)20-25(23-12-8-7-9-13-23)19-29(31(36)39)35-32(40)34-26-15-11-17-28(21-26)42-6/h7-18,21,25,29-30H,19-20H2,1-6H3,(H2,34,35,40). The molecule has 42 heavy (non-hydrogen) atoms. The third kappa shape index (κ3) is 7.02. The number of amides is 4. The highest BCUT2D eigenvalue weighted by atomic mass is 16.5. The lowest BCUT2D eigenvalue weighted by atomic mass is 9.86. The second-order valence-corrected chi connectivity index (χ2v) is 11.4. The van der Waals surface area contributed by atoms with Crippen molar-refractivity contribution in [2.45, 2.75) is 64.1 Å². The number of nitrogens with zero attached hydrogens (tertiary/aromatic N) is 2. The van der Waals surface area contributed by atoms with E-state index in [2.05, 4.69) is 10.6 Å². The van der Waals surface area contributed by atoms with Gasteiger partial charge in [0.1, 0.15) is 17.5 Å². The molecule has 0 saturated carbocycles. The van der Waals surface area contributed by atoms with Gasteiger partial charge in [-0.25, -0.2) is 14.8 Å². The van der Waals surface area contributed by atoms with Crippen LogP contribution in [0.25, 0.3) is 0 Å². The zero-order chi connectivity index (χ0) is 30.4. The first-order chi connectivity index (χ1) is 20.0. The fraction of sp³-hybridized carbons (Fsp3) is 0.364. The van der Waals surface area contributed by atoms with Crippen LogP contribution in [0.15, 0.2) is 78.9 Å². The molecule has 4 rings (SSSR count). The van der Waals surface area contributed by atoms with Crippen LogP contribution in [0.2, 0.25) is 0 Å². The number of methoxy groups -OCH3 is 2. The van der Waals surface area contributed by atoms with E-state index in [0.717, 1.165) is 11.1 Å². The molecule has 3 atom stereocenters. The van der Waals surface area contributed by atoms with E-state index in [0.29, 0.717) is 30.0 Å². The lowest BCUT2D eigenvalue weighted by Crippen LogP contribution is -2.61. The average Bonchev–Trinajstić information content (AvgIpc) is 3.09. The van der Waals surface area contributed by atoms with Crippen molar-refractivity contribution in [1.82, 2.24) is 15.3 Å². The van der Waals surface area contributed by atoms with Gasteiger partial charge in [-0.2, -0.15) is 0 Å². The van der Waals surface area contributed by atoms with Gasteiger partial charge in [0, 0.05) is 18.7 Å². The van der Waals surface area contributed by atoms with Crippen LogP contribution in [-0.4, -0.2) is 53.7 Å². The Balaban J connectivity index is 1.80. The van der Waals surface area contributed by atoms with Crippen LogP contribution in [0, 0.1) is 0 Å². The van der Waals surface area contributed by atoms with Gasteiger partial charge < -0.3 is 20.1 Å². The summed E-state index contributed by atoms with van der Waals surface area (Å²) < 4.78 is 10.8. The monoisotopic (exact) mass is 572 g/mol. The number of hydrogen-bond acceptors (Lipinski definition) is 5. The average molecular weight is 573 g/mol. The van der Waals surface area contributed by atoms with Gasteiger partial charge in [-0.15, -0.1) is 0 Å². The minimum atomic E-state index is -0.916. The van der Waals surface area contributed by atoms with E-state index in [1.54, 1.807) is 43.5 Å². The van der Waals surface area contributed by atoms with Gasteiger partial charge >= 0.3 is 6.03 Å². The Morgan fingerprint density at radius 3 is 2.10 bits per heavy atom. The molecule has 1 aliphatic rings. The second-order valence-electron chi connectivity index (χ2n) is 11.4. The van der Waals surface area contributed by atoms with E-state index in [1.807, 2.05) is 75.4 Å². The highest BCUT2D eigenvalue weighted by Gasteiger charge is 2.45. The zero-order valence-electron chi connectivity index (χ0n) is 25.1. The molecule has 0 bridgehead atoms. The molecule has 4 amide bonds. The van der Waals surface area contributed by atoms with Crippen LogP contribution < -0.4 is 20.1 Å². The van der Waals surface area contributed by atoms with E-state index in [-0.39, 0.29) is 17.7 Å². The molecule has 3 aromatic rings. The molecular weight excluding hydrogens is 532 g/mol. The summed E-state index contributed by atoms with van der Waals surface area (Å²) in [5.41, 5.74) is 1.68. The summed E-state index contributed by atoms with van der Waals surface area (Å²) in [6, 6.07) is 22.6. The first-order valence-electron chi connectivity index (χ1n) is 14.1. The predicted molar refractivity (Wildman–Crippen MR) is 162 cm³/mol. The Labute approximate surface area is 247 Å². The number of ether oxygens (including phenoxy) is 2. The third-order valence-corrected chi connectivity index (χ3v) is 7.38. The zero-order valence-corrected chi connectivity index (χ0v) is 25.1. The maximum absolute atomic E-state index is 14.6. The Hall–Kier alpha value is -4.53. The Morgan fingerprint density at radius 2 is 1.48 bits per heavy atom. The summed E-state index contributed by atoms with van der Waals surface area (Å²) in [5, 5.41) is 8.80.